The van der Waals surface area contributed by atoms with Crippen LogP contribution in [0.25, 0.3) is 21.9 Å². The number of ether oxygens (including phenoxy) is 1. The summed E-state index contributed by atoms with van der Waals surface area (Å²) in [4.78, 5) is 23.2. The highest BCUT2D eigenvalue weighted by Crippen LogP contribution is 2.31. The molecular weight excluding hydrogens is 421 g/mol. The lowest BCUT2D eigenvalue weighted by molar-refractivity contribution is 0.0692. The molecule has 1 atom stereocenters. The molecule has 0 saturated carbocycles. The molecule has 0 aliphatic carbocycles. The van der Waals surface area contributed by atoms with E-state index in [0.717, 1.165) is 18.5 Å². The molecule has 1 aliphatic rings. The van der Waals surface area contributed by atoms with Crippen molar-refractivity contribution in [2.24, 2.45) is 0 Å². The first kappa shape index (κ1) is 22.5. The average molecular weight is 448 g/mol. The van der Waals surface area contributed by atoms with Gasteiger partial charge in [-0.3, -0.25) is 9.36 Å². The van der Waals surface area contributed by atoms with Crippen LogP contribution in [0.2, 0.25) is 0 Å². The van der Waals surface area contributed by atoms with E-state index in [1.165, 1.54) is 12.1 Å². The third-order valence-electron chi connectivity index (χ3n) is 6.08. The van der Waals surface area contributed by atoms with Gasteiger partial charge in [-0.25, -0.2) is 14.2 Å². The molecule has 0 radical (unpaired) electrons. The Labute approximate surface area is 192 Å². The highest BCUT2D eigenvalue weighted by Gasteiger charge is 2.29. The predicted molar refractivity (Wildman–Crippen MR) is 124 cm³/mol. The Bertz CT molecular complexity index is 1210. The van der Waals surface area contributed by atoms with Crippen LogP contribution in [0.5, 0.6) is 5.75 Å². The molecule has 1 N–H and O–H groups in total. The number of hydrogen-bond acceptors (Lipinski definition) is 4. The van der Waals surface area contributed by atoms with Gasteiger partial charge in [-0.2, -0.15) is 0 Å². The van der Waals surface area contributed by atoms with Gasteiger partial charge >= 0.3 is 0 Å². The molecule has 4 rings (SSSR count). The van der Waals surface area contributed by atoms with Gasteiger partial charge in [0, 0.05) is 30.4 Å². The van der Waals surface area contributed by atoms with E-state index in [2.05, 4.69) is 10.2 Å². The van der Waals surface area contributed by atoms with E-state index < -0.39 is 5.82 Å². The number of carbonyl (C=O) groups is 1. The third kappa shape index (κ3) is 4.32. The van der Waals surface area contributed by atoms with Crippen LogP contribution in [-0.4, -0.2) is 53.6 Å². The van der Waals surface area contributed by atoms with Crippen molar-refractivity contribution in [1.82, 2.24) is 19.8 Å². The maximum Gasteiger partial charge on any atom is 0.274 e. The molecule has 0 spiro atoms. The van der Waals surface area contributed by atoms with Crippen LogP contribution >= 0.6 is 0 Å². The summed E-state index contributed by atoms with van der Waals surface area (Å²) in [5, 5.41) is 3.25. The molecule has 1 aromatic heterocycles. The maximum atomic E-state index is 14.5. The molecule has 1 fully saturated rings. The Balaban J connectivity index is 1.83. The zero-order chi connectivity index (χ0) is 23.5. The summed E-state index contributed by atoms with van der Waals surface area (Å²) < 4.78 is 21.6. The van der Waals surface area contributed by atoms with E-state index >= 15 is 0 Å². The minimum atomic E-state index is -0.620. The van der Waals surface area contributed by atoms with E-state index in [1.807, 2.05) is 47.7 Å². The van der Waals surface area contributed by atoms with Crippen molar-refractivity contribution < 1.29 is 13.9 Å². The number of benzene rings is 2. The van der Waals surface area contributed by atoms with E-state index in [0.29, 0.717) is 41.6 Å². The second kappa shape index (κ2) is 9.43. The standard InChI is InChI=1S/C25H26FN5O2/c1-16-23(25(32)30-13-5-6-18(15-30)27-2)29-24(17-7-12-22(28-3)21(26)14-17)31(16)19-8-10-20(33-4)11-9-19/h7-12,14,18,27H,5-6,13,15H2,1-2,4H3/t18-/m1/s1. The van der Waals surface area contributed by atoms with E-state index in [-0.39, 0.29) is 17.6 Å². The number of rotatable bonds is 5. The molecule has 7 nitrogen and oxygen atoms in total. The summed E-state index contributed by atoms with van der Waals surface area (Å²) in [6, 6.07) is 12.0. The monoisotopic (exact) mass is 447 g/mol. The Morgan fingerprint density at radius 3 is 2.67 bits per heavy atom. The molecule has 0 unspecified atom stereocenters. The third-order valence-corrected chi connectivity index (χ3v) is 6.08. The van der Waals surface area contributed by atoms with Crippen molar-refractivity contribution in [3.05, 3.63) is 71.1 Å². The fourth-order valence-electron chi connectivity index (χ4n) is 4.23. The summed E-state index contributed by atoms with van der Waals surface area (Å²) in [6.45, 7) is 10.3. The number of imidazole rings is 1. The van der Waals surface area contributed by atoms with Gasteiger partial charge in [0.25, 0.3) is 5.91 Å². The highest BCUT2D eigenvalue weighted by atomic mass is 19.1. The first-order valence-electron chi connectivity index (χ1n) is 10.8. The Hall–Kier alpha value is -3.70. The van der Waals surface area contributed by atoms with Gasteiger partial charge < -0.3 is 15.0 Å². The molecule has 1 amide bonds. The molecule has 33 heavy (non-hydrogen) atoms. The molecule has 1 saturated heterocycles. The zero-order valence-corrected chi connectivity index (χ0v) is 18.9. The molecule has 1 aliphatic heterocycles. The fourth-order valence-corrected chi connectivity index (χ4v) is 4.23. The van der Waals surface area contributed by atoms with Crippen LogP contribution in [-0.2, 0) is 0 Å². The molecular formula is C25H26FN5O2. The van der Waals surface area contributed by atoms with Crippen LogP contribution in [0, 0.1) is 19.3 Å². The van der Waals surface area contributed by atoms with Crippen molar-refractivity contribution in [3.63, 3.8) is 0 Å². The number of likely N-dealkylation sites (N-methyl/N-ethyl adjacent to an activating group) is 1. The smallest absolute Gasteiger partial charge is 0.274 e. The summed E-state index contributed by atoms with van der Waals surface area (Å²) in [6.07, 6.45) is 1.95. The number of aromatic nitrogens is 2. The van der Waals surface area contributed by atoms with Crippen LogP contribution < -0.4 is 10.1 Å². The van der Waals surface area contributed by atoms with Gasteiger partial charge in [-0.05, 0) is 57.1 Å². The number of amides is 1. The quantitative estimate of drug-likeness (QED) is 0.590. The number of nitrogens with one attached hydrogen (secondary N) is 1. The number of nitrogens with zero attached hydrogens (tertiary/aromatic N) is 4. The SMILES string of the molecule is [C-]#[N+]c1ccc(-c2nc(C(=O)N3CCC[C@@H](NC)C3)c(C)n2-c2ccc(OC)cc2)cc1F. The van der Waals surface area contributed by atoms with Gasteiger partial charge in [0.2, 0.25) is 5.69 Å². The van der Waals surface area contributed by atoms with Gasteiger partial charge in [0.1, 0.15) is 23.1 Å². The van der Waals surface area contributed by atoms with E-state index in [4.69, 9.17) is 16.3 Å². The highest BCUT2D eigenvalue weighted by molar-refractivity contribution is 5.94. The summed E-state index contributed by atoms with van der Waals surface area (Å²) in [7, 11) is 3.50. The van der Waals surface area contributed by atoms with Crippen molar-refractivity contribution >= 4 is 11.6 Å². The number of likely N-dealkylation sites (tertiary alicyclic amines) is 1. The van der Waals surface area contributed by atoms with Crippen molar-refractivity contribution in [1.29, 1.82) is 0 Å². The summed E-state index contributed by atoms with van der Waals surface area (Å²) in [5.41, 5.74) is 2.22. The zero-order valence-electron chi connectivity index (χ0n) is 18.9. The number of methoxy groups -OCH3 is 1. The number of carbonyl (C=O) groups excluding carboxylic acids is 1. The van der Waals surface area contributed by atoms with Crippen LogP contribution in [0.15, 0.2) is 42.5 Å². The van der Waals surface area contributed by atoms with Gasteiger partial charge in [-0.15, -0.1) is 0 Å². The molecule has 2 aromatic carbocycles. The fraction of sp³-hybridized carbons (Fsp3) is 0.320. The Kier molecular flexibility index (Phi) is 6.43. The maximum absolute atomic E-state index is 14.5. The molecule has 3 aromatic rings. The van der Waals surface area contributed by atoms with Gasteiger partial charge in [-0.1, -0.05) is 12.1 Å². The Morgan fingerprint density at radius 2 is 2.03 bits per heavy atom. The summed E-state index contributed by atoms with van der Waals surface area (Å²) in [5.74, 6) is 0.385. The van der Waals surface area contributed by atoms with Gasteiger partial charge in [0.15, 0.2) is 0 Å². The summed E-state index contributed by atoms with van der Waals surface area (Å²) >= 11 is 0. The number of hydrogen-bond donors (Lipinski definition) is 1. The number of piperidine rings is 1. The second-order valence-electron chi connectivity index (χ2n) is 8.06. The largest absolute Gasteiger partial charge is 0.497 e. The first-order chi connectivity index (χ1) is 16.0. The number of halogens is 1. The van der Waals surface area contributed by atoms with Crippen molar-refractivity contribution in [2.75, 3.05) is 27.2 Å². The molecule has 170 valence electrons. The lowest BCUT2D eigenvalue weighted by Crippen LogP contribution is -2.47. The molecule has 2 heterocycles. The average Bonchev–Trinajstić information content (AvgIpc) is 3.20. The van der Waals surface area contributed by atoms with E-state index in [9.17, 15) is 9.18 Å². The van der Waals surface area contributed by atoms with Crippen molar-refractivity contribution in [3.8, 4) is 22.8 Å². The minimum absolute atomic E-state index is 0.0549. The molecule has 0 bridgehead atoms. The topological polar surface area (TPSA) is 63.8 Å². The normalized spacial score (nSPS) is 15.8. The van der Waals surface area contributed by atoms with E-state index in [1.54, 1.807) is 13.2 Å². The molecule has 8 heteroatoms. The van der Waals surface area contributed by atoms with Crippen LogP contribution in [0.3, 0.4) is 0 Å². The lowest BCUT2D eigenvalue weighted by atomic mass is 10.1. The Morgan fingerprint density at radius 1 is 1.27 bits per heavy atom. The van der Waals surface area contributed by atoms with Crippen LogP contribution in [0.4, 0.5) is 10.1 Å². The second-order valence-corrected chi connectivity index (χ2v) is 8.06. The minimum Gasteiger partial charge on any atom is -0.497 e. The van der Waals surface area contributed by atoms with Gasteiger partial charge in [0.05, 0.1) is 19.4 Å². The predicted octanol–water partition coefficient (Wildman–Crippen LogP) is 4.37. The first-order valence-corrected chi connectivity index (χ1v) is 10.8. The van der Waals surface area contributed by atoms with Crippen LogP contribution in [0.1, 0.15) is 29.0 Å². The lowest BCUT2D eigenvalue weighted by Gasteiger charge is -2.32. The van der Waals surface area contributed by atoms with Crippen molar-refractivity contribution in [2.45, 2.75) is 25.8 Å².